The number of anilines is 1. The van der Waals surface area contributed by atoms with Crippen molar-refractivity contribution in [2.75, 3.05) is 38.0 Å². The Kier molecular flexibility index (Phi) is 6.13. The van der Waals surface area contributed by atoms with E-state index in [1.165, 1.54) is 35.6 Å². The fourth-order valence-electron chi connectivity index (χ4n) is 3.52. The largest absolute Gasteiger partial charge is 0.325 e. The van der Waals surface area contributed by atoms with Crippen molar-refractivity contribution in [2.45, 2.75) is 13.0 Å². The smallest absolute Gasteiger partial charge is 0.238 e. The van der Waals surface area contributed by atoms with E-state index in [4.69, 9.17) is 0 Å². The lowest BCUT2D eigenvalue weighted by molar-refractivity contribution is -0.117. The average Bonchev–Trinajstić information content (AvgIpc) is 2.93. The maximum Gasteiger partial charge on any atom is 0.238 e. The molecular weight excluding hydrogens is 394 g/mol. The number of nitrogens with one attached hydrogen (secondary N) is 1. The number of rotatable bonds is 5. The molecule has 1 amide bonds. The van der Waals surface area contributed by atoms with E-state index in [9.17, 15) is 13.6 Å². The number of hydrogen-bond donors (Lipinski definition) is 1. The van der Waals surface area contributed by atoms with Gasteiger partial charge in [-0.3, -0.25) is 14.6 Å². The number of thiazole rings is 1. The monoisotopic (exact) mass is 416 g/mol. The van der Waals surface area contributed by atoms with Gasteiger partial charge >= 0.3 is 0 Å². The molecule has 1 N–H and O–H groups in total. The van der Waals surface area contributed by atoms with Gasteiger partial charge in [0.1, 0.15) is 16.6 Å². The van der Waals surface area contributed by atoms with Gasteiger partial charge in [0, 0.05) is 18.8 Å². The lowest BCUT2D eigenvalue weighted by Crippen LogP contribution is -2.36. The summed E-state index contributed by atoms with van der Waals surface area (Å²) < 4.78 is 27.5. The molecule has 1 fully saturated rings. The van der Waals surface area contributed by atoms with Crippen LogP contribution < -0.4 is 5.32 Å². The predicted octanol–water partition coefficient (Wildman–Crippen LogP) is 3.72. The van der Waals surface area contributed by atoms with E-state index in [1.807, 2.05) is 0 Å². The van der Waals surface area contributed by atoms with E-state index in [0.717, 1.165) is 54.4 Å². The first-order chi connectivity index (χ1) is 14.0. The van der Waals surface area contributed by atoms with Crippen LogP contribution in [0, 0.1) is 11.6 Å². The van der Waals surface area contributed by atoms with Crippen LogP contribution in [0.3, 0.4) is 0 Å². The van der Waals surface area contributed by atoms with Crippen molar-refractivity contribution in [3.8, 4) is 0 Å². The standard InChI is InChI=1S/C21H22F2N4OS/c22-15-3-1-4-17(11-15)24-20(28)13-26-7-2-8-27(10-9-26)14-21-25-18-6-5-16(23)12-19(18)29-21/h1,3-6,11-12H,2,7-10,13-14H2,(H,24,28). The molecular formula is C21H22F2N4OS. The molecule has 5 nitrogen and oxygen atoms in total. The number of carbonyl (C=O) groups excluding carboxylic acids is 1. The van der Waals surface area contributed by atoms with E-state index in [2.05, 4.69) is 20.1 Å². The molecule has 0 aliphatic carbocycles. The third kappa shape index (κ3) is 5.35. The molecule has 2 aromatic carbocycles. The maximum atomic E-state index is 13.4. The summed E-state index contributed by atoms with van der Waals surface area (Å²) in [6.07, 6.45) is 0.951. The maximum absolute atomic E-state index is 13.4. The van der Waals surface area contributed by atoms with Crippen molar-refractivity contribution in [1.29, 1.82) is 0 Å². The fraction of sp³-hybridized carbons (Fsp3) is 0.333. The number of amides is 1. The van der Waals surface area contributed by atoms with Crippen LogP contribution in [0.15, 0.2) is 42.5 Å². The summed E-state index contributed by atoms with van der Waals surface area (Å²) in [6.45, 7) is 4.37. The highest BCUT2D eigenvalue weighted by molar-refractivity contribution is 7.18. The van der Waals surface area contributed by atoms with E-state index in [-0.39, 0.29) is 24.1 Å². The Bertz CT molecular complexity index is 1010. The van der Waals surface area contributed by atoms with E-state index < -0.39 is 0 Å². The number of hydrogen-bond acceptors (Lipinski definition) is 5. The number of benzene rings is 2. The van der Waals surface area contributed by atoms with Crippen LogP contribution in [0.5, 0.6) is 0 Å². The van der Waals surface area contributed by atoms with Crippen molar-refractivity contribution < 1.29 is 13.6 Å². The molecule has 3 aromatic rings. The van der Waals surface area contributed by atoms with Crippen molar-refractivity contribution in [3.63, 3.8) is 0 Å². The number of fused-ring (bicyclic) bond motifs is 1. The van der Waals surface area contributed by atoms with Gasteiger partial charge in [0.15, 0.2) is 0 Å². The zero-order valence-corrected chi connectivity index (χ0v) is 16.7. The van der Waals surface area contributed by atoms with Crippen LogP contribution in [0.25, 0.3) is 10.2 Å². The van der Waals surface area contributed by atoms with E-state index in [0.29, 0.717) is 5.69 Å². The third-order valence-electron chi connectivity index (χ3n) is 4.91. The lowest BCUT2D eigenvalue weighted by Gasteiger charge is -2.20. The Balaban J connectivity index is 1.30. The van der Waals surface area contributed by atoms with Crippen LogP contribution in [0.4, 0.5) is 14.5 Å². The summed E-state index contributed by atoms with van der Waals surface area (Å²) in [5.41, 5.74) is 1.30. The molecule has 0 atom stereocenters. The van der Waals surface area contributed by atoms with Crippen molar-refractivity contribution in [1.82, 2.24) is 14.8 Å². The number of nitrogens with zero attached hydrogens (tertiary/aromatic N) is 3. The molecule has 0 bridgehead atoms. The summed E-state index contributed by atoms with van der Waals surface area (Å²) in [7, 11) is 0. The van der Waals surface area contributed by atoms with Crippen LogP contribution >= 0.6 is 11.3 Å². The molecule has 0 saturated carbocycles. The zero-order valence-electron chi connectivity index (χ0n) is 15.9. The highest BCUT2D eigenvalue weighted by atomic mass is 32.1. The number of carbonyl (C=O) groups is 1. The molecule has 1 aromatic heterocycles. The normalized spacial score (nSPS) is 16.1. The first kappa shape index (κ1) is 19.9. The molecule has 8 heteroatoms. The quantitative estimate of drug-likeness (QED) is 0.689. The Hall–Kier alpha value is -2.42. The summed E-state index contributed by atoms with van der Waals surface area (Å²) in [6, 6.07) is 10.6. The second-order valence-electron chi connectivity index (χ2n) is 7.18. The summed E-state index contributed by atoms with van der Waals surface area (Å²) in [5, 5.41) is 3.72. The fourth-order valence-corrected chi connectivity index (χ4v) is 4.55. The second kappa shape index (κ2) is 8.94. The SMILES string of the molecule is O=C(CN1CCCN(Cc2nc3ccc(F)cc3s2)CC1)Nc1cccc(F)c1. The Morgan fingerprint density at radius 2 is 1.83 bits per heavy atom. The Labute approximate surface area is 172 Å². The minimum Gasteiger partial charge on any atom is -0.325 e. The Morgan fingerprint density at radius 1 is 1.03 bits per heavy atom. The summed E-state index contributed by atoms with van der Waals surface area (Å²) in [5.74, 6) is -0.752. The molecule has 0 unspecified atom stereocenters. The molecule has 4 rings (SSSR count). The summed E-state index contributed by atoms with van der Waals surface area (Å²) in [4.78, 5) is 21.3. The van der Waals surface area contributed by atoms with Gasteiger partial charge in [-0.25, -0.2) is 13.8 Å². The molecule has 0 spiro atoms. The first-order valence-corrected chi connectivity index (χ1v) is 10.4. The minimum atomic E-state index is -0.370. The molecule has 29 heavy (non-hydrogen) atoms. The Morgan fingerprint density at radius 3 is 2.69 bits per heavy atom. The first-order valence-electron chi connectivity index (χ1n) is 9.60. The van der Waals surface area contributed by atoms with Gasteiger partial charge in [-0.2, -0.15) is 0 Å². The molecule has 2 heterocycles. The van der Waals surface area contributed by atoms with Gasteiger partial charge in [-0.15, -0.1) is 11.3 Å². The third-order valence-corrected chi connectivity index (χ3v) is 5.91. The molecule has 152 valence electrons. The molecule has 1 saturated heterocycles. The van der Waals surface area contributed by atoms with Crippen LogP contribution in [0.2, 0.25) is 0 Å². The number of halogens is 2. The highest BCUT2D eigenvalue weighted by Gasteiger charge is 2.18. The van der Waals surface area contributed by atoms with Gasteiger partial charge in [-0.05, 0) is 55.9 Å². The van der Waals surface area contributed by atoms with Crippen LogP contribution in [0.1, 0.15) is 11.4 Å². The van der Waals surface area contributed by atoms with Gasteiger partial charge in [0.05, 0.1) is 23.3 Å². The summed E-state index contributed by atoms with van der Waals surface area (Å²) >= 11 is 1.52. The second-order valence-corrected chi connectivity index (χ2v) is 8.30. The molecule has 1 aliphatic rings. The van der Waals surface area contributed by atoms with Gasteiger partial charge in [0.25, 0.3) is 0 Å². The van der Waals surface area contributed by atoms with Crippen molar-refractivity contribution in [3.05, 3.63) is 59.1 Å². The van der Waals surface area contributed by atoms with Gasteiger partial charge in [-0.1, -0.05) is 6.07 Å². The van der Waals surface area contributed by atoms with Crippen molar-refractivity contribution in [2.24, 2.45) is 0 Å². The zero-order chi connectivity index (χ0) is 20.2. The topological polar surface area (TPSA) is 48.5 Å². The predicted molar refractivity (Wildman–Crippen MR) is 111 cm³/mol. The lowest BCUT2D eigenvalue weighted by atomic mass is 10.3. The van der Waals surface area contributed by atoms with E-state index in [1.54, 1.807) is 18.2 Å². The van der Waals surface area contributed by atoms with Gasteiger partial charge in [0.2, 0.25) is 5.91 Å². The minimum absolute atomic E-state index is 0.141. The van der Waals surface area contributed by atoms with Crippen LogP contribution in [-0.2, 0) is 11.3 Å². The molecule has 0 radical (unpaired) electrons. The number of aromatic nitrogens is 1. The van der Waals surface area contributed by atoms with E-state index >= 15 is 0 Å². The average molecular weight is 416 g/mol. The highest BCUT2D eigenvalue weighted by Crippen LogP contribution is 2.24. The van der Waals surface area contributed by atoms with Crippen molar-refractivity contribution >= 4 is 33.1 Å². The molecule has 1 aliphatic heterocycles. The van der Waals surface area contributed by atoms with Gasteiger partial charge < -0.3 is 5.32 Å². The van der Waals surface area contributed by atoms with Crippen LogP contribution in [-0.4, -0.2) is 53.4 Å².